The van der Waals surface area contributed by atoms with E-state index >= 15 is 0 Å². The van der Waals surface area contributed by atoms with Crippen molar-refractivity contribution in [3.63, 3.8) is 0 Å². The molecule has 2 aromatic rings. The molecule has 0 amide bonds. The van der Waals surface area contributed by atoms with Crippen LogP contribution < -0.4 is 10.6 Å². The van der Waals surface area contributed by atoms with Crippen LogP contribution in [0.5, 0.6) is 0 Å². The number of nitrogens with two attached hydrogens (primary N) is 1. The third kappa shape index (κ3) is 3.18. The van der Waals surface area contributed by atoms with Crippen LogP contribution in [-0.4, -0.2) is 23.8 Å². The standard InChI is InChI=1S/C15H20N4O2.ClH/c1-10(20-2)15-17-14(21-18-15)9-19-8-4-5-11-12(16)6-3-7-13(11)19;/h3,6-7,10H,4-5,8-9,16H2,1-2H3;1H. The summed E-state index contributed by atoms with van der Waals surface area (Å²) in [5.41, 5.74) is 9.31. The maximum absolute atomic E-state index is 6.06. The smallest absolute Gasteiger partial charge is 0.246 e. The number of nitrogen functional groups attached to an aromatic ring is 1. The van der Waals surface area contributed by atoms with E-state index < -0.39 is 0 Å². The molecule has 22 heavy (non-hydrogen) atoms. The van der Waals surface area contributed by atoms with Gasteiger partial charge < -0.3 is 19.9 Å². The van der Waals surface area contributed by atoms with Gasteiger partial charge in [-0.2, -0.15) is 4.98 Å². The second kappa shape index (κ2) is 6.98. The number of hydrogen-bond acceptors (Lipinski definition) is 6. The molecule has 0 aliphatic carbocycles. The first-order valence-corrected chi connectivity index (χ1v) is 7.16. The normalized spacial score (nSPS) is 15.1. The van der Waals surface area contributed by atoms with Crippen molar-refractivity contribution in [2.45, 2.75) is 32.4 Å². The highest BCUT2D eigenvalue weighted by Gasteiger charge is 2.21. The van der Waals surface area contributed by atoms with Gasteiger partial charge in [-0.3, -0.25) is 0 Å². The van der Waals surface area contributed by atoms with Gasteiger partial charge in [-0.1, -0.05) is 11.2 Å². The molecule has 3 rings (SSSR count). The Labute approximate surface area is 136 Å². The summed E-state index contributed by atoms with van der Waals surface area (Å²) >= 11 is 0. The Morgan fingerprint density at radius 2 is 2.27 bits per heavy atom. The average molecular weight is 325 g/mol. The van der Waals surface area contributed by atoms with Gasteiger partial charge in [0.05, 0.1) is 6.54 Å². The average Bonchev–Trinajstić information content (AvgIpc) is 2.96. The highest BCUT2D eigenvalue weighted by Crippen LogP contribution is 2.32. The van der Waals surface area contributed by atoms with Crippen LogP contribution in [0.3, 0.4) is 0 Å². The molecule has 120 valence electrons. The molecule has 0 saturated heterocycles. The van der Waals surface area contributed by atoms with Crippen molar-refractivity contribution >= 4 is 23.8 Å². The quantitative estimate of drug-likeness (QED) is 0.871. The molecule has 0 bridgehead atoms. The van der Waals surface area contributed by atoms with Crippen molar-refractivity contribution in [3.8, 4) is 0 Å². The predicted octanol–water partition coefficient (Wildman–Crippen LogP) is 2.73. The lowest BCUT2D eigenvalue weighted by Crippen LogP contribution is -2.29. The number of hydrogen-bond donors (Lipinski definition) is 1. The van der Waals surface area contributed by atoms with Gasteiger partial charge in [0, 0.05) is 25.0 Å². The summed E-state index contributed by atoms with van der Waals surface area (Å²) in [5.74, 6) is 1.18. The van der Waals surface area contributed by atoms with Gasteiger partial charge in [-0.25, -0.2) is 0 Å². The first-order chi connectivity index (χ1) is 10.2. The van der Waals surface area contributed by atoms with Crippen LogP contribution in [0.4, 0.5) is 11.4 Å². The molecular formula is C15H21ClN4O2. The fourth-order valence-corrected chi connectivity index (χ4v) is 2.66. The van der Waals surface area contributed by atoms with Crippen molar-refractivity contribution in [3.05, 3.63) is 35.5 Å². The number of benzene rings is 1. The van der Waals surface area contributed by atoms with Crippen LogP contribution in [0.15, 0.2) is 22.7 Å². The minimum Gasteiger partial charge on any atom is -0.398 e. The van der Waals surface area contributed by atoms with E-state index in [2.05, 4.69) is 21.1 Å². The van der Waals surface area contributed by atoms with E-state index in [0.717, 1.165) is 25.1 Å². The number of aromatic nitrogens is 2. The maximum Gasteiger partial charge on any atom is 0.246 e. The maximum atomic E-state index is 6.06. The van der Waals surface area contributed by atoms with E-state index in [0.29, 0.717) is 18.3 Å². The summed E-state index contributed by atoms with van der Waals surface area (Å²) in [4.78, 5) is 6.63. The fraction of sp³-hybridized carbons (Fsp3) is 0.467. The van der Waals surface area contributed by atoms with Crippen molar-refractivity contribution in [1.82, 2.24) is 10.1 Å². The molecule has 1 atom stereocenters. The molecule has 0 fully saturated rings. The third-order valence-electron chi connectivity index (χ3n) is 3.91. The lowest BCUT2D eigenvalue weighted by Gasteiger charge is -2.30. The topological polar surface area (TPSA) is 77.4 Å². The first kappa shape index (κ1) is 16.6. The van der Waals surface area contributed by atoms with Crippen molar-refractivity contribution < 1.29 is 9.26 Å². The molecule has 1 aromatic heterocycles. The molecule has 1 aliphatic heterocycles. The Kier molecular flexibility index (Phi) is 5.26. The van der Waals surface area contributed by atoms with Crippen LogP contribution in [0, 0.1) is 0 Å². The molecule has 2 heterocycles. The minimum atomic E-state index is -0.160. The fourth-order valence-electron chi connectivity index (χ4n) is 2.66. The van der Waals surface area contributed by atoms with Crippen molar-refractivity contribution in [2.24, 2.45) is 0 Å². The van der Waals surface area contributed by atoms with Gasteiger partial charge >= 0.3 is 0 Å². The van der Waals surface area contributed by atoms with E-state index in [1.807, 2.05) is 19.1 Å². The second-order valence-electron chi connectivity index (χ2n) is 5.29. The molecule has 7 heteroatoms. The summed E-state index contributed by atoms with van der Waals surface area (Å²) in [5, 5.41) is 3.96. The van der Waals surface area contributed by atoms with Crippen LogP contribution >= 0.6 is 12.4 Å². The van der Waals surface area contributed by atoms with E-state index in [-0.39, 0.29) is 18.5 Å². The minimum absolute atomic E-state index is 0. The first-order valence-electron chi connectivity index (χ1n) is 7.16. The van der Waals surface area contributed by atoms with E-state index in [1.165, 1.54) is 11.3 Å². The van der Waals surface area contributed by atoms with Crippen LogP contribution in [0.1, 0.15) is 36.7 Å². The number of nitrogens with zero attached hydrogens (tertiary/aromatic N) is 3. The molecular weight excluding hydrogens is 304 g/mol. The Balaban J connectivity index is 0.00000176. The van der Waals surface area contributed by atoms with Gasteiger partial charge in [-0.15, -0.1) is 12.4 Å². The van der Waals surface area contributed by atoms with Crippen molar-refractivity contribution in [1.29, 1.82) is 0 Å². The second-order valence-corrected chi connectivity index (χ2v) is 5.29. The van der Waals surface area contributed by atoms with E-state index in [1.54, 1.807) is 7.11 Å². The van der Waals surface area contributed by atoms with E-state index in [4.69, 9.17) is 15.0 Å². The molecule has 0 saturated carbocycles. The molecule has 1 unspecified atom stereocenters. The number of methoxy groups -OCH3 is 1. The largest absolute Gasteiger partial charge is 0.398 e. The predicted molar refractivity (Wildman–Crippen MR) is 87.2 cm³/mol. The Hall–Kier alpha value is -1.79. The van der Waals surface area contributed by atoms with Gasteiger partial charge in [0.2, 0.25) is 5.89 Å². The van der Waals surface area contributed by atoms with Gasteiger partial charge in [0.15, 0.2) is 5.82 Å². The highest BCUT2D eigenvalue weighted by atomic mass is 35.5. The zero-order chi connectivity index (χ0) is 14.8. The van der Waals surface area contributed by atoms with Crippen LogP contribution in [0.2, 0.25) is 0 Å². The summed E-state index contributed by atoms with van der Waals surface area (Å²) in [6, 6.07) is 6.03. The molecule has 1 aromatic carbocycles. The zero-order valence-corrected chi connectivity index (χ0v) is 13.6. The molecule has 0 spiro atoms. The van der Waals surface area contributed by atoms with Crippen LogP contribution in [0.25, 0.3) is 0 Å². The summed E-state index contributed by atoms with van der Waals surface area (Å²) in [6.45, 7) is 3.46. The van der Waals surface area contributed by atoms with Gasteiger partial charge in [0.1, 0.15) is 6.10 Å². The lowest BCUT2D eigenvalue weighted by atomic mass is 10.00. The Morgan fingerprint density at radius 3 is 3.05 bits per heavy atom. The molecule has 2 N–H and O–H groups in total. The molecule has 1 aliphatic rings. The molecule has 6 nitrogen and oxygen atoms in total. The summed E-state index contributed by atoms with van der Waals surface area (Å²) in [7, 11) is 1.63. The highest BCUT2D eigenvalue weighted by molar-refractivity contribution is 5.85. The summed E-state index contributed by atoms with van der Waals surface area (Å²) < 4.78 is 10.5. The Morgan fingerprint density at radius 1 is 1.45 bits per heavy atom. The van der Waals surface area contributed by atoms with Gasteiger partial charge in [0.25, 0.3) is 0 Å². The number of ether oxygens (including phenoxy) is 1. The monoisotopic (exact) mass is 324 g/mol. The lowest BCUT2D eigenvalue weighted by molar-refractivity contribution is 0.109. The third-order valence-corrected chi connectivity index (χ3v) is 3.91. The van der Waals surface area contributed by atoms with Gasteiger partial charge in [-0.05, 0) is 37.5 Å². The number of halogens is 1. The van der Waals surface area contributed by atoms with Crippen LogP contribution in [-0.2, 0) is 17.7 Å². The SMILES string of the molecule is COC(C)c1noc(CN2CCCc3c(N)cccc32)n1.Cl. The zero-order valence-electron chi connectivity index (χ0n) is 12.8. The summed E-state index contributed by atoms with van der Waals surface area (Å²) in [6.07, 6.45) is 1.94. The number of anilines is 2. The number of fused-ring (bicyclic) bond motifs is 1. The Bertz CT molecular complexity index is 632. The van der Waals surface area contributed by atoms with E-state index in [9.17, 15) is 0 Å². The number of rotatable bonds is 4. The molecule has 0 radical (unpaired) electrons. The van der Waals surface area contributed by atoms with Crippen molar-refractivity contribution in [2.75, 3.05) is 24.3 Å².